The number of hydrogen-bond acceptors (Lipinski definition) is 4. The van der Waals surface area contributed by atoms with E-state index in [2.05, 4.69) is 5.32 Å². The third kappa shape index (κ3) is 5.31. The Bertz CT molecular complexity index is 716. The Morgan fingerprint density at radius 3 is 2.62 bits per heavy atom. The summed E-state index contributed by atoms with van der Waals surface area (Å²) in [6, 6.07) is 14.3. The van der Waals surface area contributed by atoms with Crippen LogP contribution in [0.1, 0.15) is 15.9 Å². The van der Waals surface area contributed by atoms with Gasteiger partial charge in [-0.15, -0.1) is 0 Å². The van der Waals surface area contributed by atoms with Crippen molar-refractivity contribution >= 4 is 11.8 Å². The second-order valence-electron chi connectivity index (χ2n) is 5.17. The molecule has 0 spiro atoms. The lowest BCUT2D eigenvalue weighted by atomic mass is 10.2. The van der Waals surface area contributed by atoms with Gasteiger partial charge in [-0.05, 0) is 36.8 Å². The number of carbonyl (C=O) groups excluding carboxylic acids is 2. The van der Waals surface area contributed by atoms with E-state index >= 15 is 0 Å². The summed E-state index contributed by atoms with van der Waals surface area (Å²) in [5.41, 5.74) is 6.50. The van der Waals surface area contributed by atoms with Crippen LogP contribution in [-0.2, 0) is 4.79 Å². The Morgan fingerprint density at radius 2 is 1.88 bits per heavy atom. The van der Waals surface area contributed by atoms with E-state index in [-0.39, 0.29) is 12.5 Å². The molecule has 0 heterocycles. The summed E-state index contributed by atoms with van der Waals surface area (Å²) in [7, 11) is 0. The monoisotopic (exact) mass is 328 g/mol. The first kappa shape index (κ1) is 17.3. The number of benzene rings is 2. The molecular weight excluding hydrogens is 308 g/mol. The summed E-state index contributed by atoms with van der Waals surface area (Å²) in [6.45, 7) is 2.40. The zero-order valence-corrected chi connectivity index (χ0v) is 13.5. The third-order valence-electron chi connectivity index (χ3n) is 3.15. The lowest BCUT2D eigenvalue weighted by molar-refractivity contribution is -0.119. The van der Waals surface area contributed by atoms with Gasteiger partial charge in [0.05, 0.1) is 12.1 Å². The second kappa shape index (κ2) is 8.57. The van der Waals surface area contributed by atoms with E-state index in [0.717, 1.165) is 11.3 Å². The third-order valence-corrected chi connectivity index (χ3v) is 3.15. The first-order valence-corrected chi connectivity index (χ1v) is 7.54. The molecule has 0 aliphatic rings. The fourth-order valence-electron chi connectivity index (χ4n) is 2.06. The van der Waals surface area contributed by atoms with Crippen molar-refractivity contribution in [2.45, 2.75) is 6.92 Å². The van der Waals surface area contributed by atoms with E-state index in [1.54, 1.807) is 24.3 Å². The molecule has 24 heavy (non-hydrogen) atoms. The summed E-state index contributed by atoms with van der Waals surface area (Å²) < 4.78 is 10.8. The summed E-state index contributed by atoms with van der Waals surface area (Å²) in [6.07, 6.45) is 0. The lowest BCUT2D eigenvalue weighted by Gasteiger charge is -2.11. The zero-order valence-electron chi connectivity index (χ0n) is 13.5. The Morgan fingerprint density at radius 1 is 1.08 bits per heavy atom. The number of ether oxygens (including phenoxy) is 2. The normalized spacial score (nSPS) is 10.0. The maximum atomic E-state index is 12.2. The summed E-state index contributed by atoms with van der Waals surface area (Å²) >= 11 is 0. The molecule has 126 valence electrons. The summed E-state index contributed by atoms with van der Waals surface area (Å²) in [5, 5.41) is 2.75. The lowest BCUT2D eigenvalue weighted by Crippen LogP contribution is -2.29. The van der Waals surface area contributed by atoms with E-state index in [4.69, 9.17) is 15.2 Å². The van der Waals surface area contributed by atoms with Gasteiger partial charge in [0.25, 0.3) is 11.8 Å². The van der Waals surface area contributed by atoms with Crippen LogP contribution in [0.4, 0.5) is 0 Å². The van der Waals surface area contributed by atoms with E-state index < -0.39 is 5.91 Å². The highest BCUT2D eigenvalue weighted by molar-refractivity contribution is 5.97. The smallest absolute Gasteiger partial charge is 0.255 e. The summed E-state index contributed by atoms with van der Waals surface area (Å²) in [4.78, 5) is 23.0. The van der Waals surface area contributed by atoms with Crippen molar-refractivity contribution in [2.24, 2.45) is 5.73 Å². The van der Waals surface area contributed by atoms with Crippen LogP contribution >= 0.6 is 0 Å². The number of hydrogen-bond donors (Lipinski definition) is 2. The van der Waals surface area contributed by atoms with Crippen LogP contribution in [0, 0.1) is 6.92 Å². The molecule has 6 heteroatoms. The fourth-order valence-corrected chi connectivity index (χ4v) is 2.06. The van der Waals surface area contributed by atoms with Crippen molar-refractivity contribution < 1.29 is 19.1 Å². The van der Waals surface area contributed by atoms with E-state index in [1.807, 2.05) is 31.2 Å². The molecule has 2 aromatic rings. The van der Waals surface area contributed by atoms with Gasteiger partial charge < -0.3 is 20.5 Å². The number of rotatable bonds is 8. The highest BCUT2D eigenvalue weighted by Gasteiger charge is 2.12. The molecule has 2 amide bonds. The number of amides is 2. The maximum absolute atomic E-state index is 12.2. The molecule has 2 aromatic carbocycles. The van der Waals surface area contributed by atoms with Gasteiger partial charge in [-0.3, -0.25) is 9.59 Å². The van der Waals surface area contributed by atoms with Gasteiger partial charge in [-0.2, -0.15) is 0 Å². The predicted octanol–water partition coefficient (Wildman–Crippen LogP) is 1.67. The van der Waals surface area contributed by atoms with E-state index in [0.29, 0.717) is 24.5 Å². The first-order chi connectivity index (χ1) is 11.6. The SMILES string of the molecule is Cc1cccc(OCCNC(=O)c2ccccc2OCC(N)=O)c1. The van der Waals surface area contributed by atoms with Gasteiger partial charge in [-0.1, -0.05) is 24.3 Å². The molecule has 0 saturated carbocycles. The summed E-state index contributed by atoms with van der Waals surface area (Å²) in [5.74, 6) is 0.169. The van der Waals surface area contributed by atoms with Crippen molar-refractivity contribution in [2.75, 3.05) is 19.8 Å². The van der Waals surface area contributed by atoms with Gasteiger partial charge in [0.2, 0.25) is 0 Å². The number of nitrogens with two attached hydrogens (primary N) is 1. The molecular formula is C18H20N2O4. The van der Waals surface area contributed by atoms with Crippen molar-refractivity contribution in [3.63, 3.8) is 0 Å². The van der Waals surface area contributed by atoms with Gasteiger partial charge in [0.15, 0.2) is 6.61 Å². The number of nitrogens with one attached hydrogen (secondary N) is 1. The largest absolute Gasteiger partial charge is 0.492 e. The average molecular weight is 328 g/mol. The Kier molecular flexibility index (Phi) is 6.19. The minimum absolute atomic E-state index is 0.277. The topological polar surface area (TPSA) is 90.7 Å². The highest BCUT2D eigenvalue weighted by Crippen LogP contribution is 2.17. The quantitative estimate of drug-likeness (QED) is 0.721. The van der Waals surface area contributed by atoms with Crippen LogP contribution in [-0.4, -0.2) is 31.6 Å². The van der Waals surface area contributed by atoms with Gasteiger partial charge in [0.1, 0.15) is 18.1 Å². The fraction of sp³-hybridized carbons (Fsp3) is 0.222. The first-order valence-electron chi connectivity index (χ1n) is 7.54. The van der Waals surface area contributed by atoms with E-state index in [1.165, 1.54) is 0 Å². The van der Waals surface area contributed by atoms with Crippen LogP contribution < -0.4 is 20.5 Å². The molecule has 0 bridgehead atoms. The predicted molar refractivity (Wildman–Crippen MR) is 90.1 cm³/mol. The van der Waals surface area contributed by atoms with Gasteiger partial charge in [0, 0.05) is 0 Å². The Hall–Kier alpha value is -3.02. The number of carbonyl (C=O) groups is 2. The van der Waals surface area contributed by atoms with Crippen LogP contribution in [0.3, 0.4) is 0 Å². The van der Waals surface area contributed by atoms with Crippen LogP contribution in [0.2, 0.25) is 0 Å². The van der Waals surface area contributed by atoms with Crippen LogP contribution in [0.5, 0.6) is 11.5 Å². The Balaban J connectivity index is 1.85. The van der Waals surface area contributed by atoms with E-state index in [9.17, 15) is 9.59 Å². The van der Waals surface area contributed by atoms with Crippen LogP contribution in [0.15, 0.2) is 48.5 Å². The molecule has 0 aromatic heterocycles. The number of aryl methyl sites for hydroxylation is 1. The number of para-hydroxylation sites is 1. The van der Waals surface area contributed by atoms with Crippen molar-refractivity contribution in [1.82, 2.24) is 5.32 Å². The molecule has 3 N–H and O–H groups in total. The van der Waals surface area contributed by atoms with Crippen molar-refractivity contribution in [1.29, 1.82) is 0 Å². The molecule has 0 atom stereocenters. The standard InChI is InChI=1S/C18H20N2O4/c1-13-5-4-6-14(11-13)23-10-9-20-18(22)15-7-2-3-8-16(15)24-12-17(19)21/h2-8,11H,9-10,12H2,1H3,(H2,19,21)(H,20,22). The molecule has 0 aliphatic carbocycles. The minimum Gasteiger partial charge on any atom is -0.492 e. The van der Waals surface area contributed by atoms with Gasteiger partial charge in [-0.25, -0.2) is 0 Å². The number of primary amides is 1. The minimum atomic E-state index is -0.600. The second-order valence-corrected chi connectivity index (χ2v) is 5.17. The molecule has 0 aliphatic heterocycles. The molecule has 0 unspecified atom stereocenters. The van der Waals surface area contributed by atoms with Crippen molar-refractivity contribution in [3.05, 3.63) is 59.7 Å². The van der Waals surface area contributed by atoms with Crippen molar-refractivity contribution in [3.8, 4) is 11.5 Å². The molecule has 6 nitrogen and oxygen atoms in total. The zero-order chi connectivity index (χ0) is 17.4. The molecule has 2 rings (SSSR count). The molecule has 0 fully saturated rings. The van der Waals surface area contributed by atoms with Gasteiger partial charge >= 0.3 is 0 Å². The maximum Gasteiger partial charge on any atom is 0.255 e. The molecule has 0 radical (unpaired) electrons. The highest BCUT2D eigenvalue weighted by atomic mass is 16.5. The average Bonchev–Trinajstić information content (AvgIpc) is 2.57. The molecule has 0 saturated heterocycles. The Labute approximate surface area is 140 Å². The van der Waals surface area contributed by atoms with Crippen LogP contribution in [0.25, 0.3) is 0 Å².